The Morgan fingerprint density at radius 3 is 2.09 bits per heavy atom. The van der Waals surface area contributed by atoms with Crippen LogP contribution in [0.4, 0.5) is 10.1 Å². The van der Waals surface area contributed by atoms with Crippen molar-refractivity contribution in [3.05, 3.63) is 64.9 Å². The summed E-state index contributed by atoms with van der Waals surface area (Å²) < 4.78 is 41.5. The first-order valence-electron chi connectivity index (χ1n) is 11.2. The second-order valence-electron chi connectivity index (χ2n) is 8.51. The van der Waals surface area contributed by atoms with Gasteiger partial charge in [-0.1, -0.05) is 30.7 Å². The number of rotatable bonds is 11. The Morgan fingerprint density at radius 2 is 1.60 bits per heavy atom. The van der Waals surface area contributed by atoms with Crippen LogP contribution in [0.15, 0.2) is 48.5 Å². The van der Waals surface area contributed by atoms with E-state index in [4.69, 9.17) is 11.6 Å². The number of halogens is 2. The first kappa shape index (κ1) is 28.5. The van der Waals surface area contributed by atoms with Gasteiger partial charge in [0.2, 0.25) is 11.8 Å². The Bertz CT molecular complexity index is 1110. The Hall–Kier alpha value is -2.69. The number of carbonyl (C=O) groups excluding carboxylic acids is 2. The van der Waals surface area contributed by atoms with Gasteiger partial charge in [-0.05, 0) is 62.2 Å². The van der Waals surface area contributed by atoms with Gasteiger partial charge in [0, 0.05) is 31.7 Å². The van der Waals surface area contributed by atoms with Crippen LogP contribution in [0, 0.1) is 5.82 Å². The second-order valence-corrected chi connectivity index (χ2v) is 11.0. The van der Waals surface area contributed by atoms with Gasteiger partial charge in [0.15, 0.2) is 0 Å². The molecule has 0 heterocycles. The van der Waals surface area contributed by atoms with Crippen LogP contribution in [-0.2, 0) is 26.3 Å². The molecule has 8 nitrogen and oxygen atoms in total. The molecule has 0 saturated heterocycles. The standard InChI is InChI=1S/C24H32ClFN4O4S/c1-6-22(24(32)27-17(2)3)29(15-18-7-9-19(25)10-8-18)23(31)16-30(35(33,34)28(4)5)21-13-11-20(26)12-14-21/h7-14,17,22H,6,15-16H2,1-5H3,(H,27,32)/t22-/m1/s1. The summed E-state index contributed by atoms with van der Waals surface area (Å²) in [5, 5.41) is 3.35. The van der Waals surface area contributed by atoms with Crippen LogP contribution >= 0.6 is 11.6 Å². The SMILES string of the molecule is CC[C@H](C(=O)NC(C)C)N(Cc1ccc(Cl)cc1)C(=O)CN(c1ccc(F)cc1)S(=O)(=O)N(C)C. The molecular formula is C24H32ClFN4O4S. The fraction of sp³-hybridized carbons (Fsp3) is 0.417. The number of nitrogens with zero attached hydrogens (tertiary/aromatic N) is 3. The van der Waals surface area contributed by atoms with Crippen LogP contribution in [0.3, 0.4) is 0 Å². The maximum Gasteiger partial charge on any atom is 0.304 e. The van der Waals surface area contributed by atoms with E-state index in [-0.39, 0.29) is 24.2 Å². The highest BCUT2D eigenvalue weighted by molar-refractivity contribution is 7.90. The molecule has 0 saturated carbocycles. The zero-order valence-electron chi connectivity index (χ0n) is 20.5. The molecule has 0 aromatic heterocycles. The third kappa shape index (κ3) is 7.65. The average molecular weight is 527 g/mol. The van der Waals surface area contributed by atoms with E-state index >= 15 is 0 Å². The van der Waals surface area contributed by atoms with Crippen molar-refractivity contribution in [2.24, 2.45) is 0 Å². The number of hydrogen-bond acceptors (Lipinski definition) is 4. The zero-order chi connectivity index (χ0) is 26.3. The van der Waals surface area contributed by atoms with Crippen molar-refractivity contribution < 1.29 is 22.4 Å². The molecule has 11 heteroatoms. The molecule has 0 fully saturated rings. The Morgan fingerprint density at radius 1 is 1.03 bits per heavy atom. The third-order valence-corrected chi connectivity index (χ3v) is 7.29. The van der Waals surface area contributed by atoms with Crippen LogP contribution in [0.5, 0.6) is 0 Å². The number of benzene rings is 2. The third-order valence-electron chi connectivity index (χ3n) is 5.22. The summed E-state index contributed by atoms with van der Waals surface area (Å²) in [6.07, 6.45) is 0.314. The second kappa shape index (κ2) is 12.3. The average Bonchev–Trinajstić information content (AvgIpc) is 2.78. The first-order chi connectivity index (χ1) is 16.4. The Kier molecular flexibility index (Phi) is 10.1. The summed E-state index contributed by atoms with van der Waals surface area (Å²) in [4.78, 5) is 28.0. The van der Waals surface area contributed by atoms with Gasteiger partial charge < -0.3 is 10.2 Å². The van der Waals surface area contributed by atoms with Gasteiger partial charge in [-0.3, -0.25) is 9.59 Å². The molecule has 2 amide bonds. The van der Waals surface area contributed by atoms with E-state index in [0.29, 0.717) is 11.4 Å². The molecule has 2 rings (SSSR count). The van der Waals surface area contributed by atoms with Crippen LogP contribution < -0.4 is 9.62 Å². The summed E-state index contributed by atoms with van der Waals surface area (Å²) in [5.74, 6) is -1.46. The van der Waals surface area contributed by atoms with Crippen molar-refractivity contribution in [2.45, 2.75) is 45.8 Å². The molecule has 35 heavy (non-hydrogen) atoms. The summed E-state index contributed by atoms with van der Waals surface area (Å²) in [6.45, 7) is 4.90. The van der Waals surface area contributed by atoms with Crippen molar-refractivity contribution in [2.75, 3.05) is 24.9 Å². The Balaban J connectivity index is 2.48. The van der Waals surface area contributed by atoms with Gasteiger partial charge in [0.05, 0.1) is 5.69 Å². The number of anilines is 1. The summed E-state index contributed by atoms with van der Waals surface area (Å²) >= 11 is 5.99. The molecule has 192 valence electrons. The fourth-order valence-corrected chi connectivity index (χ4v) is 4.59. The molecule has 2 aromatic rings. The molecule has 1 N–H and O–H groups in total. The quantitative estimate of drug-likeness (QED) is 0.486. The highest BCUT2D eigenvalue weighted by Gasteiger charge is 2.33. The molecule has 0 bridgehead atoms. The van der Waals surface area contributed by atoms with E-state index in [1.165, 1.54) is 31.1 Å². The van der Waals surface area contributed by atoms with Crippen LogP contribution in [-0.4, -0.2) is 62.2 Å². The fourth-order valence-electron chi connectivity index (χ4n) is 3.41. The normalized spacial score (nSPS) is 12.5. The number of amides is 2. The van der Waals surface area contributed by atoms with E-state index in [9.17, 15) is 22.4 Å². The summed E-state index contributed by atoms with van der Waals surface area (Å²) in [5.41, 5.74) is 0.849. The number of nitrogens with one attached hydrogen (secondary N) is 1. The highest BCUT2D eigenvalue weighted by Crippen LogP contribution is 2.22. The Labute approximate surface area is 211 Å². The maximum atomic E-state index is 13.6. The van der Waals surface area contributed by atoms with E-state index in [1.54, 1.807) is 31.2 Å². The van der Waals surface area contributed by atoms with Gasteiger partial charge >= 0.3 is 10.2 Å². The minimum atomic E-state index is -4.10. The minimum Gasteiger partial charge on any atom is -0.352 e. The highest BCUT2D eigenvalue weighted by atomic mass is 35.5. The molecular weight excluding hydrogens is 495 g/mol. The lowest BCUT2D eigenvalue weighted by atomic mass is 10.1. The van der Waals surface area contributed by atoms with Crippen LogP contribution in [0.2, 0.25) is 5.02 Å². The van der Waals surface area contributed by atoms with Gasteiger partial charge in [-0.2, -0.15) is 12.7 Å². The minimum absolute atomic E-state index is 0.0687. The van der Waals surface area contributed by atoms with E-state index < -0.39 is 34.5 Å². The molecule has 0 spiro atoms. The lowest BCUT2D eigenvalue weighted by molar-refractivity contribution is -0.140. The molecule has 0 unspecified atom stereocenters. The van der Waals surface area contributed by atoms with E-state index in [2.05, 4.69) is 5.32 Å². The van der Waals surface area contributed by atoms with Gasteiger partial charge in [-0.25, -0.2) is 8.70 Å². The summed E-state index contributed by atoms with van der Waals surface area (Å²) in [7, 11) is -1.42. The van der Waals surface area contributed by atoms with Gasteiger partial charge in [-0.15, -0.1) is 0 Å². The van der Waals surface area contributed by atoms with Crippen molar-refractivity contribution in [3.8, 4) is 0 Å². The monoisotopic (exact) mass is 526 g/mol. The van der Waals surface area contributed by atoms with Gasteiger partial charge in [0.1, 0.15) is 18.4 Å². The topological polar surface area (TPSA) is 90.0 Å². The van der Waals surface area contributed by atoms with Crippen LogP contribution in [0.1, 0.15) is 32.8 Å². The molecule has 2 aromatic carbocycles. The van der Waals surface area contributed by atoms with Crippen molar-refractivity contribution in [1.82, 2.24) is 14.5 Å². The lowest BCUT2D eigenvalue weighted by Gasteiger charge is -2.34. The van der Waals surface area contributed by atoms with Crippen molar-refractivity contribution >= 4 is 39.3 Å². The molecule has 0 aliphatic heterocycles. The van der Waals surface area contributed by atoms with Crippen molar-refractivity contribution in [1.29, 1.82) is 0 Å². The summed E-state index contributed by atoms with van der Waals surface area (Å²) in [6, 6.07) is 10.7. The smallest absolute Gasteiger partial charge is 0.304 e. The zero-order valence-corrected chi connectivity index (χ0v) is 22.1. The molecule has 1 atom stereocenters. The van der Waals surface area contributed by atoms with E-state index in [1.807, 2.05) is 13.8 Å². The predicted octanol–water partition coefficient (Wildman–Crippen LogP) is 3.42. The maximum absolute atomic E-state index is 13.6. The first-order valence-corrected chi connectivity index (χ1v) is 12.9. The number of hydrogen-bond donors (Lipinski definition) is 1. The van der Waals surface area contributed by atoms with Crippen LogP contribution in [0.25, 0.3) is 0 Å². The van der Waals surface area contributed by atoms with E-state index in [0.717, 1.165) is 26.3 Å². The molecule has 0 radical (unpaired) electrons. The largest absolute Gasteiger partial charge is 0.352 e. The predicted molar refractivity (Wildman–Crippen MR) is 136 cm³/mol. The van der Waals surface area contributed by atoms with Gasteiger partial charge in [0.25, 0.3) is 0 Å². The molecule has 0 aliphatic carbocycles. The van der Waals surface area contributed by atoms with Crippen molar-refractivity contribution in [3.63, 3.8) is 0 Å². The molecule has 0 aliphatic rings. The lowest BCUT2D eigenvalue weighted by Crippen LogP contribution is -2.54. The number of carbonyl (C=O) groups is 2.